The van der Waals surface area contributed by atoms with Crippen LogP contribution in [0.1, 0.15) is 37.4 Å². The zero-order valence-electron chi connectivity index (χ0n) is 11.2. The van der Waals surface area contributed by atoms with Gasteiger partial charge in [0.2, 0.25) is 0 Å². The van der Waals surface area contributed by atoms with Crippen LogP contribution >= 0.6 is 0 Å². The van der Waals surface area contributed by atoms with Crippen LogP contribution in [0.25, 0.3) is 0 Å². The molecule has 0 spiro atoms. The van der Waals surface area contributed by atoms with Gasteiger partial charge in [0.05, 0.1) is 17.9 Å². The van der Waals surface area contributed by atoms with Crippen LogP contribution in [0.3, 0.4) is 0 Å². The number of hydrogen-bond donors (Lipinski definition) is 4. The summed E-state index contributed by atoms with van der Waals surface area (Å²) in [5.74, 6) is 0. The lowest BCUT2D eigenvalue weighted by atomic mass is 10.1. The Bertz CT molecular complexity index is 300. The molecular formula is C12H24N4O3. The molecule has 7 heteroatoms. The lowest BCUT2D eigenvalue weighted by molar-refractivity contribution is 0.141. The molecule has 0 aliphatic rings. The van der Waals surface area contributed by atoms with E-state index in [1.807, 2.05) is 0 Å². The minimum Gasteiger partial charge on any atom is -0.396 e. The summed E-state index contributed by atoms with van der Waals surface area (Å²) in [5.41, 5.74) is 0.837. The Morgan fingerprint density at radius 3 is 2.16 bits per heavy atom. The fraction of sp³-hybridized carbons (Fsp3) is 0.833. The van der Waals surface area contributed by atoms with Gasteiger partial charge in [-0.1, -0.05) is 0 Å². The van der Waals surface area contributed by atoms with E-state index >= 15 is 0 Å². The third kappa shape index (κ3) is 5.65. The highest BCUT2D eigenvalue weighted by atomic mass is 16.3. The van der Waals surface area contributed by atoms with Crippen LogP contribution in [-0.4, -0.2) is 68.5 Å². The number of aliphatic hydroxyl groups excluding tert-OH is 3. The van der Waals surface area contributed by atoms with E-state index in [4.69, 9.17) is 15.3 Å². The van der Waals surface area contributed by atoms with Gasteiger partial charge in [0, 0.05) is 32.9 Å². The Balaban J connectivity index is 2.70. The number of aliphatic hydroxyl groups is 3. The second kappa shape index (κ2) is 9.85. The molecule has 0 saturated heterocycles. The summed E-state index contributed by atoms with van der Waals surface area (Å²) in [6.45, 7) is 1.89. The third-order valence-electron chi connectivity index (χ3n) is 3.06. The molecule has 1 heterocycles. The molecular weight excluding hydrogens is 248 g/mol. The van der Waals surface area contributed by atoms with Gasteiger partial charge >= 0.3 is 0 Å². The fourth-order valence-electron chi connectivity index (χ4n) is 2.14. The second-order valence-electron chi connectivity index (χ2n) is 4.47. The largest absolute Gasteiger partial charge is 0.396 e. The molecule has 0 amide bonds. The van der Waals surface area contributed by atoms with Gasteiger partial charge in [-0.3, -0.25) is 4.90 Å². The minimum absolute atomic E-state index is 0.0593. The van der Waals surface area contributed by atoms with Crippen molar-refractivity contribution in [2.24, 2.45) is 0 Å². The van der Waals surface area contributed by atoms with E-state index in [0.717, 1.165) is 25.2 Å². The van der Waals surface area contributed by atoms with Gasteiger partial charge < -0.3 is 15.3 Å². The third-order valence-corrected chi connectivity index (χ3v) is 3.06. The summed E-state index contributed by atoms with van der Waals surface area (Å²) in [6, 6.07) is 0.0593. The molecule has 1 unspecified atom stereocenters. The molecule has 110 valence electrons. The van der Waals surface area contributed by atoms with Gasteiger partial charge in [-0.25, -0.2) is 0 Å². The molecule has 1 aromatic heterocycles. The number of nitrogens with one attached hydrogen (secondary N) is 1. The molecule has 0 bridgehead atoms. The maximum absolute atomic E-state index is 9.00. The highest BCUT2D eigenvalue weighted by molar-refractivity contribution is 5.00. The van der Waals surface area contributed by atoms with Gasteiger partial charge in [0.25, 0.3) is 0 Å². The second-order valence-corrected chi connectivity index (χ2v) is 4.47. The topological polar surface area (TPSA) is 106 Å². The van der Waals surface area contributed by atoms with E-state index in [2.05, 4.69) is 20.3 Å². The summed E-state index contributed by atoms with van der Waals surface area (Å²) in [5, 5.41) is 37.5. The summed E-state index contributed by atoms with van der Waals surface area (Å²) < 4.78 is 0. The van der Waals surface area contributed by atoms with Crippen molar-refractivity contribution >= 4 is 0 Å². The molecule has 0 aliphatic carbocycles. The van der Waals surface area contributed by atoms with E-state index in [0.29, 0.717) is 19.3 Å². The predicted octanol–water partition coefficient (Wildman–Crippen LogP) is -0.315. The Kier molecular flexibility index (Phi) is 8.31. The van der Waals surface area contributed by atoms with Crippen molar-refractivity contribution in [3.05, 3.63) is 11.9 Å². The first-order valence-corrected chi connectivity index (χ1v) is 6.75. The van der Waals surface area contributed by atoms with Gasteiger partial charge in [-0.05, 0) is 25.7 Å². The Labute approximate surface area is 113 Å². The van der Waals surface area contributed by atoms with Crippen molar-refractivity contribution in [3.63, 3.8) is 0 Å². The van der Waals surface area contributed by atoms with Gasteiger partial charge in [0.1, 0.15) is 0 Å². The summed E-state index contributed by atoms with van der Waals surface area (Å²) in [4.78, 5) is 2.18. The van der Waals surface area contributed by atoms with Crippen molar-refractivity contribution in [3.8, 4) is 0 Å². The van der Waals surface area contributed by atoms with E-state index in [1.54, 1.807) is 6.20 Å². The van der Waals surface area contributed by atoms with Crippen molar-refractivity contribution < 1.29 is 15.3 Å². The number of rotatable bonds is 11. The van der Waals surface area contributed by atoms with Crippen molar-refractivity contribution in [2.75, 3.05) is 32.9 Å². The van der Waals surface area contributed by atoms with Crippen LogP contribution < -0.4 is 0 Å². The minimum atomic E-state index is 0.0593. The van der Waals surface area contributed by atoms with E-state index in [1.165, 1.54) is 0 Å². The van der Waals surface area contributed by atoms with Crippen molar-refractivity contribution in [1.82, 2.24) is 20.3 Å². The molecule has 4 N–H and O–H groups in total. The molecule has 0 saturated carbocycles. The van der Waals surface area contributed by atoms with Crippen LogP contribution in [0.5, 0.6) is 0 Å². The summed E-state index contributed by atoms with van der Waals surface area (Å²) in [7, 11) is 0. The zero-order valence-corrected chi connectivity index (χ0v) is 11.2. The first-order chi connectivity index (χ1) is 9.33. The highest BCUT2D eigenvalue weighted by Gasteiger charge is 2.21. The first kappa shape index (κ1) is 16.0. The van der Waals surface area contributed by atoms with Gasteiger partial charge in [-0.15, -0.1) is 0 Å². The molecule has 0 aromatic carbocycles. The van der Waals surface area contributed by atoms with Crippen molar-refractivity contribution in [2.45, 2.75) is 31.7 Å². The molecule has 0 radical (unpaired) electrons. The Hall–Kier alpha value is -1.02. The van der Waals surface area contributed by atoms with Crippen LogP contribution in [0.15, 0.2) is 6.20 Å². The van der Waals surface area contributed by atoms with E-state index < -0.39 is 0 Å². The SMILES string of the molecule is OCCCC(c1cn[nH]n1)N(CCCO)CCCO. The van der Waals surface area contributed by atoms with Gasteiger partial charge in [-0.2, -0.15) is 15.4 Å². The molecule has 1 atom stereocenters. The van der Waals surface area contributed by atoms with Crippen LogP contribution in [0, 0.1) is 0 Å². The number of H-pyrrole nitrogens is 1. The van der Waals surface area contributed by atoms with E-state index in [9.17, 15) is 0 Å². The number of aromatic amines is 1. The van der Waals surface area contributed by atoms with Crippen molar-refractivity contribution in [1.29, 1.82) is 0 Å². The quantitative estimate of drug-likeness (QED) is 0.440. The standard InChI is InChI=1S/C12H24N4O3/c17-7-1-4-12(11-10-13-15-14-11)16(5-2-8-18)6-3-9-19/h10,12,17-19H,1-9H2,(H,13,14,15). The first-order valence-electron chi connectivity index (χ1n) is 6.75. The smallest absolute Gasteiger partial charge is 0.0996 e. The Morgan fingerprint density at radius 2 is 1.68 bits per heavy atom. The van der Waals surface area contributed by atoms with E-state index in [-0.39, 0.29) is 25.9 Å². The summed E-state index contributed by atoms with van der Waals surface area (Å²) >= 11 is 0. The van der Waals surface area contributed by atoms with Gasteiger partial charge in [0.15, 0.2) is 0 Å². The molecule has 1 aromatic rings. The maximum atomic E-state index is 9.00. The van der Waals surface area contributed by atoms with Crippen LogP contribution in [-0.2, 0) is 0 Å². The average Bonchev–Trinajstić information content (AvgIpc) is 2.95. The fourth-order valence-corrected chi connectivity index (χ4v) is 2.14. The number of aromatic nitrogens is 3. The summed E-state index contributed by atoms with van der Waals surface area (Å²) in [6.07, 6.45) is 4.51. The van der Waals surface area contributed by atoms with Crippen LogP contribution in [0.2, 0.25) is 0 Å². The average molecular weight is 272 g/mol. The molecule has 7 nitrogen and oxygen atoms in total. The molecule has 0 aliphatic heterocycles. The molecule has 0 fully saturated rings. The molecule has 19 heavy (non-hydrogen) atoms. The Morgan fingerprint density at radius 1 is 1.05 bits per heavy atom. The lowest BCUT2D eigenvalue weighted by Crippen LogP contribution is -2.32. The monoisotopic (exact) mass is 272 g/mol. The number of hydrogen-bond acceptors (Lipinski definition) is 6. The predicted molar refractivity (Wildman–Crippen MR) is 70.4 cm³/mol. The van der Waals surface area contributed by atoms with Crippen LogP contribution in [0.4, 0.5) is 0 Å². The maximum Gasteiger partial charge on any atom is 0.0996 e. The highest BCUT2D eigenvalue weighted by Crippen LogP contribution is 2.23. The molecule has 1 rings (SSSR count). The zero-order chi connectivity index (χ0) is 13.9. The number of nitrogens with zero attached hydrogens (tertiary/aromatic N) is 3. The lowest BCUT2D eigenvalue weighted by Gasteiger charge is -2.30. The normalized spacial score (nSPS) is 13.1.